The van der Waals surface area contributed by atoms with Gasteiger partial charge in [-0.25, -0.2) is 9.13 Å². The highest BCUT2D eigenvalue weighted by Crippen LogP contribution is 2.61. The van der Waals surface area contributed by atoms with Gasteiger partial charge in [0.25, 0.3) is 0 Å². The average molecular weight is 802 g/mol. The maximum absolute atomic E-state index is 12.6. The van der Waals surface area contributed by atoms with Gasteiger partial charge in [0, 0.05) is 6.92 Å². The van der Waals surface area contributed by atoms with E-state index in [4.69, 9.17) is 13.8 Å². The second-order valence-corrected chi connectivity index (χ2v) is 19.7. The van der Waals surface area contributed by atoms with Crippen LogP contribution < -0.4 is 5.32 Å². The molecule has 1 rings (SSSR count). The molecule has 0 aromatic heterocycles. The van der Waals surface area contributed by atoms with E-state index in [0.29, 0.717) is 12.3 Å². The molecule has 0 radical (unpaired) electrons. The molecule has 1 aliphatic heterocycles. The van der Waals surface area contributed by atoms with Gasteiger partial charge in [-0.05, 0) is 41.9 Å². The summed E-state index contributed by atoms with van der Waals surface area (Å²) in [5.74, 6) is 3.37. The van der Waals surface area contributed by atoms with Crippen LogP contribution in [-0.4, -0.2) is 74.9 Å². The number of aliphatic hydroxyl groups excluding tert-OH is 3. The second kappa shape index (κ2) is 26.5. The summed E-state index contributed by atoms with van der Waals surface area (Å²) in [7, 11) is -10.4. The third-order valence-electron chi connectivity index (χ3n) is 10.6. The Labute approximate surface area is 320 Å². The van der Waals surface area contributed by atoms with Gasteiger partial charge in [0.1, 0.15) is 24.4 Å². The Morgan fingerprint density at radius 3 is 1.43 bits per heavy atom. The third-order valence-corrected chi connectivity index (χ3v) is 13.2. The Morgan fingerprint density at radius 1 is 0.660 bits per heavy atom. The first-order chi connectivity index (χ1) is 24.7. The molecule has 12 atom stereocenters. The van der Waals surface area contributed by atoms with E-state index in [1.807, 2.05) is 6.92 Å². The van der Waals surface area contributed by atoms with Crippen molar-refractivity contribution in [3.63, 3.8) is 0 Å². The van der Waals surface area contributed by atoms with Crippen molar-refractivity contribution in [3.05, 3.63) is 0 Å². The largest absolute Gasteiger partial charge is 0.483 e. The van der Waals surface area contributed by atoms with Crippen molar-refractivity contribution in [3.8, 4) is 0 Å². The van der Waals surface area contributed by atoms with Crippen molar-refractivity contribution in [2.75, 3.05) is 13.2 Å². The molecule has 0 bridgehead atoms. The van der Waals surface area contributed by atoms with Gasteiger partial charge in [-0.2, -0.15) is 4.31 Å². The van der Waals surface area contributed by atoms with Crippen molar-refractivity contribution >= 4 is 21.6 Å². The fourth-order valence-electron chi connectivity index (χ4n) is 7.09. The predicted octanol–water partition coefficient (Wildman–Crippen LogP) is 8.26. The number of rotatable bonds is 30. The SMILES string of the molecule is CC(=O)NC1C(OP(=O)(O)OP(=O)(O)OCCC(C)CCCC(C)CCCC(C)CCCC(C)CCCC(C)CCCC(C)C)OC(CO)C(O)C1O. The van der Waals surface area contributed by atoms with Crippen molar-refractivity contribution in [1.82, 2.24) is 5.32 Å². The Kier molecular flexibility index (Phi) is 25.3. The van der Waals surface area contributed by atoms with E-state index in [1.165, 1.54) is 77.0 Å². The van der Waals surface area contributed by atoms with E-state index in [-0.39, 0.29) is 12.5 Å². The maximum atomic E-state index is 12.6. The van der Waals surface area contributed by atoms with E-state index >= 15 is 0 Å². The minimum atomic E-state index is -5.37. The molecule has 13 nitrogen and oxygen atoms in total. The number of phosphoric acid groups is 2. The van der Waals surface area contributed by atoms with E-state index < -0.39 is 58.8 Å². The number of nitrogens with one attached hydrogen (secondary N) is 1. The summed E-state index contributed by atoms with van der Waals surface area (Å²) in [4.78, 5) is 31.8. The van der Waals surface area contributed by atoms with Crippen LogP contribution in [0.5, 0.6) is 0 Å². The number of hydrogen-bond donors (Lipinski definition) is 6. The summed E-state index contributed by atoms with van der Waals surface area (Å²) in [5, 5.41) is 32.0. The molecule has 0 aliphatic carbocycles. The van der Waals surface area contributed by atoms with Crippen LogP contribution in [0.1, 0.15) is 158 Å². The average Bonchev–Trinajstić information content (AvgIpc) is 3.03. The first kappa shape index (κ1) is 50.6. The van der Waals surface area contributed by atoms with Crippen LogP contribution in [0.2, 0.25) is 0 Å². The smallest absolute Gasteiger partial charge is 0.394 e. The van der Waals surface area contributed by atoms with Crippen LogP contribution in [-0.2, 0) is 32.0 Å². The summed E-state index contributed by atoms with van der Waals surface area (Å²) in [6.07, 6.45) is 12.6. The zero-order valence-corrected chi connectivity index (χ0v) is 35.9. The third kappa shape index (κ3) is 23.4. The van der Waals surface area contributed by atoms with Gasteiger partial charge in [-0.15, -0.1) is 0 Å². The van der Waals surface area contributed by atoms with E-state index in [0.717, 1.165) is 49.9 Å². The van der Waals surface area contributed by atoms with Crippen LogP contribution >= 0.6 is 15.6 Å². The topological polar surface area (TPSA) is 201 Å². The molecule has 12 unspecified atom stereocenters. The van der Waals surface area contributed by atoms with Gasteiger partial charge >= 0.3 is 15.6 Å². The zero-order valence-electron chi connectivity index (χ0n) is 34.1. The Balaban J connectivity index is 2.25. The lowest BCUT2D eigenvalue weighted by Crippen LogP contribution is -2.64. The lowest BCUT2D eigenvalue weighted by atomic mass is 9.89. The predicted molar refractivity (Wildman–Crippen MR) is 208 cm³/mol. The lowest BCUT2D eigenvalue weighted by molar-refractivity contribution is -0.247. The maximum Gasteiger partial charge on any atom is 0.483 e. The minimum Gasteiger partial charge on any atom is -0.394 e. The van der Waals surface area contributed by atoms with Crippen LogP contribution in [0.3, 0.4) is 0 Å². The van der Waals surface area contributed by atoms with Gasteiger partial charge in [0.05, 0.1) is 13.2 Å². The van der Waals surface area contributed by atoms with Gasteiger partial charge in [0.15, 0.2) is 6.29 Å². The Morgan fingerprint density at radius 2 is 1.06 bits per heavy atom. The number of carbonyl (C=O) groups excluding carboxylic acids is 1. The summed E-state index contributed by atoms with van der Waals surface area (Å²) in [6, 6.07) is -1.55. The lowest BCUT2D eigenvalue weighted by Gasteiger charge is -2.42. The van der Waals surface area contributed by atoms with E-state index in [2.05, 4.69) is 51.2 Å². The molecule has 316 valence electrons. The summed E-state index contributed by atoms with van der Waals surface area (Å²) in [6.45, 7) is 16.3. The Hall–Kier alpha value is -0.430. The molecule has 6 N–H and O–H groups in total. The number of amides is 1. The molecule has 0 aromatic rings. The van der Waals surface area contributed by atoms with Crippen molar-refractivity contribution in [1.29, 1.82) is 0 Å². The molecular formula is C38H77NO12P2. The van der Waals surface area contributed by atoms with Gasteiger partial charge in [-0.3, -0.25) is 13.8 Å². The fourth-order valence-corrected chi connectivity index (χ4v) is 9.25. The van der Waals surface area contributed by atoms with Crippen LogP contribution in [0.15, 0.2) is 0 Å². The summed E-state index contributed by atoms with van der Waals surface area (Å²) in [5.41, 5.74) is 0. The molecule has 0 aromatic carbocycles. The molecular weight excluding hydrogens is 724 g/mol. The Bertz CT molecular complexity index is 1080. The van der Waals surface area contributed by atoms with Crippen molar-refractivity contribution in [2.45, 2.75) is 189 Å². The monoisotopic (exact) mass is 801 g/mol. The van der Waals surface area contributed by atoms with Gasteiger partial charge < -0.3 is 35.2 Å². The highest BCUT2D eigenvalue weighted by atomic mass is 31.3. The number of hydrogen-bond acceptors (Lipinski definition) is 10. The quantitative estimate of drug-likeness (QED) is 0.0381. The number of ether oxygens (including phenoxy) is 1. The van der Waals surface area contributed by atoms with Gasteiger partial charge in [-0.1, -0.05) is 145 Å². The molecule has 15 heteroatoms. The normalized spacial score (nSPS) is 26.0. The minimum absolute atomic E-state index is 0.178. The van der Waals surface area contributed by atoms with Crippen molar-refractivity contribution < 1.29 is 57.1 Å². The van der Waals surface area contributed by atoms with Gasteiger partial charge in [0.2, 0.25) is 5.91 Å². The molecule has 1 heterocycles. The first-order valence-electron chi connectivity index (χ1n) is 20.3. The molecule has 1 amide bonds. The fraction of sp³-hybridized carbons (Fsp3) is 0.974. The second-order valence-electron chi connectivity index (χ2n) is 16.8. The molecule has 0 spiro atoms. The number of aliphatic hydroxyl groups is 3. The summed E-state index contributed by atoms with van der Waals surface area (Å²) < 4.78 is 44.4. The summed E-state index contributed by atoms with van der Waals surface area (Å²) >= 11 is 0. The molecule has 0 saturated carbocycles. The first-order valence-corrected chi connectivity index (χ1v) is 23.3. The molecule has 1 fully saturated rings. The molecule has 1 aliphatic rings. The molecule has 1 saturated heterocycles. The van der Waals surface area contributed by atoms with Crippen molar-refractivity contribution in [2.24, 2.45) is 35.5 Å². The van der Waals surface area contributed by atoms with Crippen LogP contribution in [0.25, 0.3) is 0 Å². The standard InChI is InChI=1S/C38H77NO12P2/c1-27(2)14-9-15-28(3)16-10-17-29(4)18-11-19-30(5)20-12-21-31(6)22-13-23-32(7)24-25-48-52(44,45)51-53(46,47)50-38-35(39-33(8)41)37(43)36(42)34(26-40)49-38/h27-32,34-38,40,42-43H,9-26H2,1-8H3,(H,39,41)(H,44,45)(H,46,47). The highest BCUT2D eigenvalue weighted by molar-refractivity contribution is 7.61. The molecule has 53 heavy (non-hydrogen) atoms. The highest BCUT2D eigenvalue weighted by Gasteiger charge is 2.49. The zero-order chi connectivity index (χ0) is 40.2. The number of phosphoric ester groups is 2. The van der Waals surface area contributed by atoms with Crippen LogP contribution in [0.4, 0.5) is 0 Å². The van der Waals surface area contributed by atoms with E-state index in [1.54, 1.807) is 0 Å². The van der Waals surface area contributed by atoms with Crippen LogP contribution in [0, 0.1) is 35.5 Å². The number of carbonyl (C=O) groups is 1. The van der Waals surface area contributed by atoms with E-state index in [9.17, 15) is 39.0 Å².